The molecular formula is C13H25N5. The molecule has 0 amide bonds. The summed E-state index contributed by atoms with van der Waals surface area (Å²) in [4.78, 5) is 2.59. The lowest BCUT2D eigenvalue weighted by Crippen LogP contribution is -2.35. The third kappa shape index (κ3) is 3.53. The molecule has 1 aliphatic carbocycles. The number of rotatable bonds is 7. The van der Waals surface area contributed by atoms with E-state index < -0.39 is 0 Å². The van der Waals surface area contributed by atoms with Crippen molar-refractivity contribution in [1.82, 2.24) is 25.2 Å². The van der Waals surface area contributed by atoms with E-state index in [4.69, 9.17) is 0 Å². The Morgan fingerprint density at radius 3 is 2.89 bits per heavy atom. The summed E-state index contributed by atoms with van der Waals surface area (Å²) in [6, 6.07) is 0.801. The number of likely N-dealkylation sites (N-methyl/N-ethyl adjacent to an activating group) is 1. The van der Waals surface area contributed by atoms with Gasteiger partial charge in [0.15, 0.2) is 0 Å². The molecular weight excluding hydrogens is 226 g/mol. The summed E-state index contributed by atoms with van der Waals surface area (Å²) in [6.07, 6.45) is 7.58. The zero-order chi connectivity index (χ0) is 12.8. The predicted molar refractivity (Wildman–Crippen MR) is 72.3 cm³/mol. The van der Waals surface area contributed by atoms with Gasteiger partial charge in [-0.2, -0.15) is 0 Å². The first-order valence-corrected chi connectivity index (χ1v) is 7.11. The zero-order valence-corrected chi connectivity index (χ0v) is 11.6. The average Bonchev–Trinajstić information content (AvgIpc) is 3.02. The Kier molecular flexibility index (Phi) is 5.13. The molecule has 1 aromatic rings. The molecule has 0 saturated heterocycles. The van der Waals surface area contributed by atoms with Gasteiger partial charge in [-0.15, -0.1) is 5.10 Å². The summed E-state index contributed by atoms with van der Waals surface area (Å²) in [6.45, 7) is 6.22. The Morgan fingerprint density at radius 1 is 1.44 bits per heavy atom. The Morgan fingerprint density at radius 2 is 2.22 bits per heavy atom. The standard InChI is InChI=1S/C13H25N5/c1-3-17(13-6-4-5-7-13)8-9-18-11-12(10-14-2)15-16-18/h11,13-14H,3-10H2,1-2H3. The lowest BCUT2D eigenvalue weighted by Gasteiger charge is -2.27. The topological polar surface area (TPSA) is 46.0 Å². The smallest absolute Gasteiger partial charge is 0.0964 e. The van der Waals surface area contributed by atoms with Crippen LogP contribution in [0.1, 0.15) is 38.3 Å². The van der Waals surface area contributed by atoms with Crippen molar-refractivity contribution in [2.24, 2.45) is 0 Å². The summed E-state index contributed by atoms with van der Waals surface area (Å²) >= 11 is 0. The van der Waals surface area contributed by atoms with Gasteiger partial charge in [0.25, 0.3) is 0 Å². The van der Waals surface area contributed by atoms with E-state index in [0.717, 1.165) is 37.9 Å². The van der Waals surface area contributed by atoms with Crippen LogP contribution >= 0.6 is 0 Å². The quantitative estimate of drug-likeness (QED) is 0.792. The molecule has 0 spiro atoms. The lowest BCUT2D eigenvalue weighted by molar-refractivity contribution is 0.198. The first kappa shape index (κ1) is 13.5. The highest BCUT2D eigenvalue weighted by Gasteiger charge is 2.20. The number of aromatic nitrogens is 3. The molecule has 0 unspecified atom stereocenters. The van der Waals surface area contributed by atoms with Crippen molar-refractivity contribution >= 4 is 0 Å². The van der Waals surface area contributed by atoms with Crippen molar-refractivity contribution in [1.29, 1.82) is 0 Å². The van der Waals surface area contributed by atoms with E-state index in [2.05, 4.69) is 27.5 Å². The Hall–Kier alpha value is -0.940. The van der Waals surface area contributed by atoms with Gasteiger partial charge >= 0.3 is 0 Å². The van der Waals surface area contributed by atoms with Gasteiger partial charge in [-0.3, -0.25) is 9.58 Å². The van der Waals surface area contributed by atoms with Gasteiger partial charge in [-0.25, -0.2) is 0 Å². The fourth-order valence-electron chi connectivity index (χ4n) is 2.81. The summed E-state index contributed by atoms with van der Waals surface area (Å²) in [5, 5.41) is 11.4. The second-order valence-electron chi connectivity index (χ2n) is 5.07. The largest absolute Gasteiger partial charge is 0.314 e. The van der Waals surface area contributed by atoms with Gasteiger partial charge in [0.05, 0.1) is 12.2 Å². The maximum atomic E-state index is 4.17. The summed E-state index contributed by atoms with van der Waals surface area (Å²) < 4.78 is 1.96. The van der Waals surface area contributed by atoms with Crippen LogP contribution in [-0.4, -0.2) is 46.1 Å². The minimum Gasteiger partial charge on any atom is -0.314 e. The van der Waals surface area contributed by atoms with Gasteiger partial charge in [-0.1, -0.05) is 25.0 Å². The second kappa shape index (κ2) is 6.85. The van der Waals surface area contributed by atoms with Crippen LogP contribution in [0.3, 0.4) is 0 Å². The fourth-order valence-corrected chi connectivity index (χ4v) is 2.81. The Bertz CT molecular complexity index is 343. The number of hydrogen-bond donors (Lipinski definition) is 1. The first-order chi connectivity index (χ1) is 8.83. The maximum absolute atomic E-state index is 4.17. The Labute approximate surface area is 110 Å². The van der Waals surface area contributed by atoms with Crippen LogP contribution in [0.5, 0.6) is 0 Å². The number of nitrogens with one attached hydrogen (secondary N) is 1. The highest BCUT2D eigenvalue weighted by molar-refractivity contribution is 4.91. The molecule has 2 rings (SSSR count). The average molecular weight is 251 g/mol. The molecule has 1 saturated carbocycles. The molecule has 5 nitrogen and oxygen atoms in total. The number of nitrogens with zero attached hydrogens (tertiary/aromatic N) is 4. The Balaban J connectivity index is 1.80. The molecule has 102 valence electrons. The summed E-state index contributed by atoms with van der Waals surface area (Å²) in [7, 11) is 1.93. The zero-order valence-electron chi connectivity index (χ0n) is 11.6. The molecule has 1 N–H and O–H groups in total. The second-order valence-corrected chi connectivity index (χ2v) is 5.07. The normalized spacial score (nSPS) is 16.8. The molecule has 18 heavy (non-hydrogen) atoms. The van der Waals surface area contributed by atoms with Crippen molar-refractivity contribution in [3.8, 4) is 0 Å². The molecule has 0 bridgehead atoms. The van der Waals surface area contributed by atoms with Gasteiger partial charge in [0.1, 0.15) is 0 Å². The lowest BCUT2D eigenvalue weighted by atomic mass is 10.2. The third-order valence-electron chi connectivity index (χ3n) is 3.81. The van der Waals surface area contributed by atoms with E-state index in [9.17, 15) is 0 Å². The first-order valence-electron chi connectivity index (χ1n) is 7.11. The molecule has 1 aromatic heterocycles. The van der Waals surface area contributed by atoms with Crippen molar-refractivity contribution < 1.29 is 0 Å². The van der Waals surface area contributed by atoms with Crippen LogP contribution in [0.15, 0.2) is 6.20 Å². The van der Waals surface area contributed by atoms with Crippen LogP contribution in [-0.2, 0) is 13.1 Å². The predicted octanol–water partition coefficient (Wildman–Crippen LogP) is 1.26. The van der Waals surface area contributed by atoms with Crippen molar-refractivity contribution in [3.05, 3.63) is 11.9 Å². The monoisotopic (exact) mass is 251 g/mol. The fraction of sp³-hybridized carbons (Fsp3) is 0.846. The number of hydrogen-bond acceptors (Lipinski definition) is 4. The highest BCUT2D eigenvalue weighted by atomic mass is 15.4. The summed E-state index contributed by atoms with van der Waals surface area (Å²) in [5.74, 6) is 0. The van der Waals surface area contributed by atoms with Gasteiger partial charge < -0.3 is 5.32 Å². The van der Waals surface area contributed by atoms with Crippen LogP contribution in [0, 0.1) is 0 Å². The van der Waals surface area contributed by atoms with E-state index in [0.29, 0.717) is 0 Å². The van der Waals surface area contributed by atoms with Crippen molar-refractivity contribution in [2.45, 2.75) is 51.7 Å². The van der Waals surface area contributed by atoms with E-state index >= 15 is 0 Å². The van der Waals surface area contributed by atoms with Crippen molar-refractivity contribution in [2.75, 3.05) is 20.1 Å². The molecule has 5 heteroatoms. The molecule has 1 fully saturated rings. The van der Waals surface area contributed by atoms with Crippen LogP contribution in [0.25, 0.3) is 0 Å². The van der Waals surface area contributed by atoms with Crippen LogP contribution in [0.2, 0.25) is 0 Å². The molecule has 1 aliphatic rings. The minimum atomic E-state index is 0.792. The van der Waals surface area contributed by atoms with Gasteiger partial charge in [0.2, 0.25) is 0 Å². The molecule has 0 radical (unpaired) electrons. The van der Waals surface area contributed by atoms with E-state index in [1.807, 2.05) is 17.9 Å². The minimum absolute atomic E-state index is 0.792. The van der Waals surface area contributed by atoms with E-state index in [1.165, 1.54) is 25.7 Å². The van der Waals surface area contributed by atoms with E-state index in [1.54, 1.807) is 0 Å². The molecule has 0 aliphatic heterocycles. The molecule has 1 heterocycles. The van der Waals surface area contributed by atoms with E-state index in [-0.39, 0.29) is 0 Å². The highest BCUT2D eigenvalue weighted by Crippen LogP contribution is 2.23. The third-order valence-corrected chi connectivity index (χ3v) is 3.81. The molecule has 0 atom stereocenters. The molecule has 0 aromatic carbocycles. The van der Waals surface area contributed by atoms with Crippen molar-refractivity contribution in [3.63, 3.8) is 0 Å². The van der Waals surface area contributed by atoms with Crippen LogP contribution in [0.4, 0.5) is 0 Å². The maximum Gasteiger partial charge on any atom is 0.0964 e. The summed E-state index contributed by atoms with van der Waals surface area (Å²) in [5.41, 5.74) is 1.02. The van der Waals surface area contributed by atoms with Gasteiger partial charge in [0, 0.05) is 25.3 Å². The van der Waals surface area contributed by atoms with Gasteiger partial charge in [-0.05, 0) is 26.4 Å². The van der Waals surface area contributed by atoms with Crippen LogP contribution < -0.4 is 5.32 Å². The SMILES string of the molecule is CCN(CCn1cc(CNC)nn1)C1CCCC1.